The number of hydrogen-bond donors (Lipinski definition) is 0. The highest BCUT2D eigenvalue weighted by Crippen LogP contribution is 2.18. The summed E-state index contributed by atoms with van der Waals surface area (Å²) < 4.78 is 0. The van der Waals surface area contributed by atoms with Crippen molar-refractivity contribution < 1.29 is 0 Å². The first kappa shape index (κ1) is 13.0. The van der Waals surface area contributed by atoms with Crippen LogP contribution in [0.5, 0.6) is 0 Å². The lowest BCUT2D eigenvalue weighted by Crippen LogP contribution is -2.13. The molecule has 0 atom stereocenters. The largest absolute Gasteiger partial charge is 0.377 e. The van der Waals surface area contributed by atoms with Crippen LogP contribution in [0, 0.1) is 5.92 Å². The van der Waals surface area contributed by atoms with Crippen LogP contribution >= 0.6 is 0 Å². The van der Waals surface area contributed by atoms with Crippen molar-refractivity contribution in [3.8, 4) is 0 Å². The summed E-state index contributed by atoms with van der Waals surface area (Å²) in [6, 6.07) is 0. The SMILES string of the molecule is C=C/C(=C(\C=C/CC)N(C)C)C(C)C. The number of nitrogens with zero attached hydrogens (tertiary/aromatic N) is 1. The highest BCUT2D eigenvalue weighted by atomic mass is 15.1. The Hall–Kier alpha value is -0.980. The van der Waals surface area contributed by atoms with E-state index in [9.17, 15) is 0 Å². The Morgan fingerprint density at radius 3 is 2.21 bits per heavy atom. The molecular formula is C13H23N. The van der Waals surface area contributed by atoms with Crippen molar-refractivity contribution in [3.63, 3.8) is 0 Å². The van der Waals surface area contributed by atoms with E-state index >= 15 is 0 Å². The molecule has 0 radical (unpaired) electrons. The third-order valence-corrected chi connectivity index (χ3v) is 2.13. The Morgan fingerprint density at radius 1 is 1.36 bits per heavy atom. The van der Waals surface area contributed by atoms with Gasteiger partial charge in [-0.05, 0) is 24.0 Å². The summed E-state index contributed by atoms with van der Waals surface area (Å²) in [5.41, 5.74) is 2.57. The molecule has 0 aromatic heterocycles. The first-order valence-electron chi connectivity index (χ1n) is 5.25. The van der Waals surface area contributed by atoms with Gasteiger partial charge in [-0.1, -0.05) is 39.5 Å². The van der Waals surface area contributed by atoms with Crippen LogP contribution in [0.25, 0.3) is 0 Å². The van der Waals surface area contributed by atoms with E-state index in [1.54, 1.807) is 0 Å². The Labute approximate surface area is 88.8 Å². The zero-order valence-electron chi connectivity index (χ0n) is 10.2. The van der Waals surface area contributed by atoms with Crippen LogP contribution in [-0.4, -0.2) is 19.0 Å². The van der Waals surface area contributed by atoms with Crippen molar-refractivity contribution >= 4 is 0 Å². The third-order valence-electron chi connectivity index (χ3n) is 2.13. The Morgan fingerprint density at radius 2 is 1.93 bits per heavy atom. The number of hydrogen-bond acceptors (Lipinski definition) is 1. The molecule has 0 heterocycles. The molecule has 0 aromatic rings. The van der Waals surface area contributed by atoms with Gasteiger partial charge in [-0.3, -0.25) is 0 Å². The van der Waals surface area contributed by atoms with Crippen LogP contribution in [0.1, 0.15) is 27.2 Å². The standard InChI is InChI=1S/C13H23N/c1-7-9-10-13(14(5)6)12(8-2)11(3)4/h8-11H,2,7H2,1,3-6H3/b10-9-,13-12-. The van der Waals surface area contributed by atoms with Gasteiger partial charge < -0.3 is 4.90 Å². The van der Waals surface area contributed by atoms with E-state index in [2.05, 4.69) is 58.5 Å². The van der Waals surface area contributed by atoms with Gasteiger partial charge in [0.05, 0.1) is 0 Å². The lowest BCUT2D eigenvalue weighted by molar-refractivity contribution is 0.515. The van der Waals surface area contributed by atoms with Crippen molar-refractivity contribution in [1.29, 1.82) is 0 Å². The first-order valence-corrected chi connectivity index (χ1v) is 5.25. The average Bonchev–Trinajstić information content (AvgIpc) is 2.10. The monoisotopic (exact) mass is 193 g/mol. The number of allylic oxidation sites excluding steroid dienone is 4. The van der Waals surface area contributed by atoms with E-state index in [0.717, 1.165) is 6.42 Å². The molecule has 0 N–H and O–H groups in total. The van der Waals surface area contributed by atoms with E-state index < -0.39 is 0 Å². The van der Waals surface area contributed by atoms with Gasteiger partial charge in [-0.15, -0.1) is 0 Å². The first-order chi connectivity index (χ1) is 6.54. The van der Waals surface area contributed by atoms with Crippen molar-refractivity contribution in [1.82, 2.24) is 4.90 Å². The molecule has 0 saturated heterocycles. The molecule has 0 unspecified atom stereocenters. The molecule has 0 aliphatic heterocycles. The zero-order chi connectivity index (χ0) is 11.1. The molecule has 0 bridgehead atoms. The Bertz CT molecular complexity index is 232. The van der Waals surface area contributed by atoms with Gasteiger partial charge in [0, 0.05) is 19.8 Å². The molecule has 0 fully saturated rings. The lowest BCUT2D eigenvalue weighted by atomic mass is 10.00. The van der Waals surface area contributed by atoms with Gasteiger partial charge in [0.1, 0.15) is 0 Å². The highest BCUT2D eigenvalue weighted by molar-refractivity contribution is 5.32. The highest BCUT2D eigenvalue weighted by Gasteiger charge is 2.06. The second-order valence-electron chi connectivity index (χ2n) is 3.90. The summed E-state index contributed by atoms with van der Waals surface area (Å²) in [5.74, 6) is 0.520. The Kier molecular flexibility index (Phi) is 6.02. The van der Waals surface area contributed by atoms with Gasteiger partial charge in [0.2, 0.25) is 0 Å². The molecule has 0 saturated carbocycles. The summed E-state index contributed by atoms with van der Waals surface area (Å²) in [5, 5.41) is 0. The molecule has 0 aromatic carbocycles. The minimum Gasteiger partial charge on any atom is -0.377 e. The second-order valence-corrected chi connectivity index (χ2v) is 3.90. The van der Waals surface area contributed by atoms with E-state index in [0.29, 0.717) is 5.92 Å². The fourth-order valence-electron chi connectivity index (χ4n) is 1.37. The molecule has 1 nitrogen and oxygen atoms in total. The summed E-state index contributed by atoms with van der Waals surface area (Å²) in [6.07, 6.45) is 7.39. The summed E-state index contributed by atoms with van der Waals surface area (Å²) in [4.78, 5) is 2.14. The fourth-order valence-corrected chi connectivity index (χ4v) is 1.37. The summed E-state index contributed by atoms with van der Waals surface area (Å²) in [7, 11) is 4.14. The van der Waals surface area contributed by atoms with Crippen molar-refractivity contribution in [2.24, 2.45) is 5.92 Å². The van der Waals surface area contributed by atoms with Crippen molar-refractivity contribution in [3.05, 3.63) is 36.1 Å². The number of rotatable bonds is 5. The summed E-state index contributed by atoms with van der Waals surface area (Å²) >= 11 is 0. The lowest BCUT2D eigenvalue weighted by Gasteiger charge is -2.20. The maximum absolute atomic E-state index is 3.88. The smallest absolute Gasteiger partial charge is 0.0392 e. The maximum Gasteiger partial charge on any atom is 0.0392 e. The molecule has 0 rings (SSSR count). The maximum atomic E-state index is 3.88. The normalized spacial score (nSPS) is 13.3. The van der Waals surface area contributed by atoms with Crippen LogP contribution in [0.2, 0.25) is 0 Å². The van der Waals surface area contributed by atoms with Crippen LogP contribution in [0.15, 0.2) is 36.1 Å². The third kappa shape index (κ3) is 3.82. The predicted octanol–water partition coefficient (Wildman–Crippen LogP) is 3.61. The van der Waals surface area contributed by atoms with Gasteiger partial charge >= 0.3 is 0 Å². The zero-order valence-corrected chi connectivity index (χ0v) is 10.2. The van der Waals surface area contributed by atoms with E-state index in [4.69, 9.17) is 0 Å². The van der Waals surface area contributed by atoms with Crippen LogP contribution in [0.3, 0.4) is 0 Å². The van der Waals surface area contributed by atoms with Gasteiger partial charge in [0.25, 0.3) is 0 Å². The fraction of sp³-hybridized carbons (Fsp3) is 0.538. The molecule has 0 aliphatic rings. The number of likely N-dealkylation sites (N-methyl/N-ethyl adjacent to an activating group) is 1. The minimum atomic E-state index is 0.520. The van der Waals surface area contributed by atoms with Gasteiger partial charge in [-0.25, -0.2) is 0 Å². The molecule has 80 valence electrons. The molecule has 0 amide bonds. The molecule has 0 aliphatic carbocycles. The van der Waals surface area contributed by atoms with Crippen molar-refractivity contribution in [2.75, 3.05) is 14.1 Å². The van der Waals surface area contributed by atoms with Crippen LogP contribution in [-0.2, 0) is 0 Å². The molecule has 14 heavy (non-hydrogen) atoms. The summed E-state index contributed by atoms with van der Waals surface area (Å²) in [6.45, 7) is 10.4. The predicted molar refractivity (Wildman–Crippen MR) is 65.2 cm³/mol. The average molecular weight is 193 g/mol. The van der Waals surface area contributed by atoms with Crippen molar-refractivity contribution in [2.45, 2.75) is 27.2 Å². The topological polar surface area (TPSA) is 3.24 Å². The van der Waals surface area contributed by atoms with Crippen LogP contribution < -0.4 is 0 Å². The van der Waals surface area contributed by atoms with E-state index in [-0.39, 0.29) is 0 Å². The molecule has 0 spiro atoms. The minimum absolute atomic E-state index is 0.520. The quantitative estimate of drug-likeness (QED) is 0.603. The van der Waals surface area contributed by atoms with E-state index in [1.165, 1.54) is 11.3 Å². The molecule has 1 heteroatoms. The van der Waals surface area contributed by atoms with E-state index in [1.807, 2.05) is 6.08 Å². The van der Waals surface area contributed by atoms with Gasteiger partial charge in [-0.2, -0.15) is 0 Å². The molecular weight excluding hydrogens is 170 g/mol. The van der Waals surface area contributed by atoms with Crippen LogP contribution in [0.4, 0.5) is 0 Å². The second kappa shape index (κ2) is 6.47. The van der Waals surface area contributed by atoms with Gasteiger partial charge in [0.15, 0.2) is 0 Å². The Balaban J connectivity index is 5.09.